The van der Waals surface area contributed by atoms with Crippen LogP contribution in [0.1, 0.15) is 20.3 Å². The van der Waals surface area contributed by atoms with E-state index in [4.69, 9.17) is 0 Å². The number of rotatable bonds is 5. The first-order chi connectivity index (χ1) is 5.54. The van der Waals surface area contributed by atoms with Crippen molar-refractivity contribution in [2.24, 2.45) is 0 Å². The van der Waals surface area contributed by atoms with Crippen molar-refractivity contribution >= 4 is 5.97 Å². The van der Waals surface area contributed by atoms with E-state index >= 15 is 0 Å². The van der Waals surface area contributed by atoms with Gasteiger partial charge in [-0.15, -0.1) is 6.58 Å². The molecule has 0 amide bonds. The third-order valence-electron chi connectivity index (χ3n) is 1.10. The third-order valence-corrected chi connectivity index (χ3v) is 1.10. The average Bonchev–Trinajstić information content (AvgIpc) is 1.97. The van der Waals surface area contributed by atoms with Crippen LogP contribution in [-0.2, 0) is 14.6 Å². The van der Waals surface area contributed by atoms with Crippen LogP contribution in [0, 0.1) is 0 Å². The van der Waals surface area contributed by atoms with Crippen molar-refractivity contribution in [2.45, 2.75) is 20.3 Å². The SMILES string of the molecule is C=C(C)CCOOC(=O)C(=C)C. The zero-order chi connectivity index (χ0) is 9.56. The predicted octanol–water partition coefficient (Wildman–Crippen LogP) is 2.00. The average molecular weight is 170 g/mol. The molecular formula is C9H14O3. The van der Waals surface area contributed by atoms with Gasteiger partial charge in [0, 0.05) is 5.57 Å². The summed E-state index contributed by atoms with van der Waals surface area (Å²) in [6, 6.07) is 0. The first-order valence-electron chi connectivity index (χ1n) is 3.67. The monoisotopic (exact) mass is 170 g/mol. The second kappa shape index (κ2) is 5.55. The van der Waals surface area contributed by atoms with Crippen molar-refractivity contribution in [3.05, 3.63) is 24.3 Å². The van der Waals surface area contributed by atoms with E-state index in [9.17, 15) is 4.79 Å². The van der Waals surface area contributed by atoms with E-state index in [0.717, 1.165) is 5.57 Å². The Balaban J connectivity index is 3.38. The van der Waals surface area contributed by atoms with E-state index in [1.807, 2.05) is 6.92 Å². The molecule has 0 aromatic rings. The van der Waals surface area contributed by atoms with Gasteiger partial charge in [0.1, 0.15) is 0 Å². The molecule has 0 unspecified atom stereocenters. The Hall–Kier alpha value is -1.09. The Morgan fingerprint density at radius 3 is 2.33 bits per heavy atom. The van der Waals surface area contributed by atoms with Gasteiger partial charge in [-0.05, 0) is 20.3 Å². The zero-order valence-corrected chi connectivity index (χ0v) is 7.55. The summed E-state index contributed by atoms with van der Waals surface area (Å²) in [5.41, 5.74) is 1.31. The molecule has 0 saturated carbocycles. The molecule has 0 bridgehead atoms. The number of hydrogen-bond acceptors (Lipinski definition) is 3. The topological polar surface area (TPSA) is 35.5 Å². The highest BCUT2D eigenvalue weighted by atomic mass is 17.2. The molecule has 0 radical (unpaired) electrons. The highest BCUT2D eigenvalue weighted by molar-refractivity contribution is 5.86. The number of carbonyl (C=O) groups excluding carboxylic acids is 1. The second-order valence-electron chi connectivity index (χ2n) is 2.68. The van der Waals surface area contributed by atoms with Crippen LogP contribution in [-0.4, -0.2) is 12.6 Å². The van der Waals surface area contributed by atoms with Gasteiger partial charge < -0.3 is 0 Å². The van der Waals surface area contributed by atoms with Gasteiger partial charge in [0.05, 0.1) is 6.61 Å². The zero-order valence-electron chi connectivity index (χ0n) is 7.55. The van der Waals surface area contributed by atoms with Crippen molar-refractivity contribution in [1.29, 1.82) is 0 Å². The van der Waals surface area contributed by atoms with E-state index in [2.05, 4.69) is 22.9 Å². The molecule has 0 spiro atoms. The van der Waals surface area contributed by atoms with Gasteiger partial charge in [-0.2, -0.15) is 4.89 Å². The van der Waals surface area contributed by atoms with E-state index in [-0.39, 0.29) is 0 Å². The van der Waals surface area contributed by atoms with Crippen LogP contribution in [0.25, 0.3) is 0 Å². The molecule has 68 valence electrons. The molecule has 0 aromatic carbocycles. The van der Waals surface area contributed by atoms with Gasteiger partial charge in [0.25, 0.3) is 0 Å². The van der Waals surface area contributed by atoms with E-state index in [1.54, 1.807) is 6.92 Å². The smallest absolute Gasteiger partial charge is 0.293 e. The highest BCUT2D eigenvalue weighted by Crippen LogP contribution is 1.97. The van der Waals surface area contributed by atoms with Crippen molar-refractivity contribution in [3.8, 4) is 0 Å². The molecule has 0 fully saturated rings. The molecule has 0 aromatic heterocycles. The minimum absolute atomic E-state index is 0.324. The predicted molar refractivity (Wildman–Crippen MR) is 46.3 cm³/mol. The van der Waals surface area contributed by atoms with Crippen LogP contribution in [0.4, 0.5) is 0 Å². The molecule has 3 heteroatoms. The fourth-order valence-electron chi connectivity index (χ4n) is 0.382. The van der Waals surface area contributed by atoms with Gasteiger partial charge in [0.15, 0.2) is 0 Å². The van der Waals surface area contributed by atoms with Crippen LogP contribution in [0.15, 0.2) is 24.3 Å². The maximum absolute atomic E-state index is 10.7. The fourth-order valence-corrected chi connectivity index (χ4v) is 0.382. The summed E-state index contributed by atoms with van der Waals surface area (Å²) in [7, 11) is 0. The van der Waals surface area contributed by atoms with Crippen molar-refractivity contribution in [3.63, 3.8) is 0 Å². The van der Waals surface area contributed by atoms with Crippen molar-refractivity contribution in [2.75, 3.05) is 6.61 Å². The summed E-state index contributed by atoms with van der Waals surface area (Å²) >= 11 is 0. The number of carbonyl (C=O) groups is 1. The molecule has 0 aliphatic heterocycles. The summed E-state index contributed by atoms with van der Waals surface area (Å²) in [6.45, 7) is 10.8. The molecule has 0 atom stereocenters. The van der Waals surface area contributed by atoms with Gasteiger partial charge in [-0.25, -0.2) is 4.79 Å². The lowest BCUT2D eigenvalue weighted by molar-refractivity contribution is -0.267. The molecule has 0 aliphatic carbocycles. The van der Waals surface area contributed by atoms with Gasteiger partial charge in [-0.3, -0.25) is 4.89 Å². The summed E-state index contributed by atoms with van der Waals surface area (Å²) in [4.78, 5) is 19.7. The molecule has 0 rings (SSSR count). The molecule has 0 N–H and O–H groups in total. The largest absolute Gasteiger partial charge is 0.368 e. The molecule has 3 nitrogen and oxygen atoms in total. The van der Waals surface area contributed by atoms with Crippen LogP contribution >= 0.6 is 0 Å². The lowest BCUT2D eigenvalue weighted by Gasteiger charge is -2.02. The highest BCUT2D eigenvalue weighted by Gasteiger charge is 2.02. The summed E-state index contributed by atoms with van der Waals surface area (Å²) in [6.07, 6.45) is 0.684. The van der Waals surface area contributed by atoms with E-state index in [1.165, 1.54) is 0 Å². The standard InChI is InChI=1S/C9H14O3/c1-7(2)5-6-11-12-9(10)8(3)4/h1,3,5-6H2,2,4H3. The molecule has 0 saturated heterocycles. The minimum Gasteiger partial charge on any atom is -0.293 e. The van der Waals surface area contributed by atoms with Crippen molar-refractivity contribution < 1.29 is 14.6 Å². The quantitative estimate of drug-likeness (QED) is 0.208. The van der Waals surface area contributed by atoms with E-state index < -0.39 is 5.97 Å². The second-order valence-corrected chi connectivity index (χ2v) is 2.68. The number of hydrogen-bond donors (Lipinski definition) is 0. The Morgan fingerprint density at radius 2 is 1.92 bits per heavy atom. The lowest BCUT2D eigenvalue weighted by atomic mass is 10.3. The van der Waals surface area contributed by atoms with Crippen LogP contribution in [0.5, 0.6) is 0 Å². The Bertz CT molecular complexity index is 194. The first-order valence-corrected chi connectivity index (χ1v) is 3.67. The molecular weight excluding hydrogens is 156 g/mol. The van der Waals surface area contributed by atoms with Gasteiger partial charge in [-0.1, -0.05) is 12.2 Å². The fraction of sp³-hybridized carbons (Fsp3) is 0.444. The third kappa shape index (κ3) is 5.68. The summed E-state index contributed by atoms with van der Waals surface area (Å²) in [5, 5.41) is 0. The first kappa shape index (κ1) is 10.9. The summed E-state index contributed by atoms with van der Waals surface area (Å²) < 4.78 is 0. The van der Waals surface area contributed by atoms with Crippen LogP contribution in [0.2, 0.25) is 0 Å². The molecule has 0 aliphatic rings. The molecule has 12 heavy (non-hydrogen) atoms. The Labute approximate surface area is 72.6 Å². The molecule has 0 heterocycles. The maximum atomic E-state index is 10.7. The normalized spacial score (nSPS) is 9.17. The lowest BCUT2D eigenvalue weighted by Crippen LogP contribution is -2.06. The van der Waals surface area contributed by atoms with Gasteiger partial charge in [0.2, 0.25) is 0 Å². The Kier molecular flexibility index (Phi) is 5.04. The maximum Gasteiger partial charge on any atom is 0.368 e. The Morgan fingerprint density at radius 1 is 1.33 bits per heavy atom. The summed E-state index contributed by atoms with van der Waals surface area (Å²) in [5.74, 6) is -0.531. The van der Waals surface area contributed by atoms with E-state index in [0.29, 0.717) is 18.6 Å². The van der Waals surface area contributed by atoms with Crippen LogP contribution < -0.4 is 0 Å². The van der Waals surface area contributed by atoms with Crippen LogP contribution in [0.3, 0.4) is 0 Å². The minimum atomic E-state index is -0.531. The van der Waals surface area contributed by atoms with Crippen molar-refractivity contribution in [1.82, 2.24) is 0 Å². The van der Waals surface area contributed by atoms with Gasteiger partial charge >= 0.3 is 5.97 Å².